The maximum absolute atomic E-state index is 11.4. The van der Waals surface area contributed by atoms with Crippen LogP contribution in [0.25, 0.3) is 22.6 Å². The van der Waals surface area contributed by atoms with Crippen LogP contribution in [0, 0.1) is 5.92 Å². The minimum Gasteiger partial charge on any atom is -0.494 e. The second kappa shape index (κ2) is 12.9. The number of benzene rings is 2. The van der Waals surface area contributed by atoms with E-state index in [4.69, 9.17) is 24.2 Å². The Balaban J connectivity index is 1.45. The van der Waals surface area contributed by atoms with E-state index >= 15 is 0 Å². The summed E-state index contributed by atoms with van der Waals surface area (Å²) in [5.74, 6) is 2.38. The first kappa shape index (κ1) is 24.7. The summed E-state index contributed by atoms with van der Waals surface area (Å²) in [5, 5.41) is 0. The summed E-state index contributed by atoms with van der Waals surface area (Å²) in [6.45, 7) is 3.36. The Hall–Kier alpha value is -3.41. The van der Waals surface area contributed by atoms with Crippen molar-refractivity contribution in [3.8, 4) is 34.3 Å². The van der Waals surface area contributed by atoms with E-state index in [0.717, 1.165) is 22.6 Å². The van der Waals surface area contributed by atoms with Gasteiger partial charge in [-0.3, -0.25) is 4.79 Å². The van der Waals surface area contributed by atoms with Crippen molar-refractivity contribution < 1.29 is 19.0 Å². The number of rotatable bonds is 11. The van der Waals surface area contributed by atoms with Crippen molar-refractivity contribution in [3.05, 3.63) is 60.7 Å². The highest BCUT2D eigenvalue weighted by Crippen LogP contribution is 2.28. The third kappa shape index (κ3) is 7.54. The maximum Gasteiger partial charge on any atom is 0.305 e. The van der Waals surface area contributed by atoms with Gasteiger partial charge in [-0.2, -0.15) is 4.98 Å². The minimum absolute atomic E-state index is 0.191. The average molecular weight is 475 g/mol. The second-order valence-electron chi connectivity index (χ2n) is 8.88. The summed E-state index contributed by atoms with van der Waals surface area (Å²) in [4.78, 5) is 21.0. The highest BCUT2D eigenvalue weighted by molar-refractivity contribution is 5.69. The van der Waals surface area contributed by atoms with E-state index < -0.39 is 0 Å². The summed E-state index contributed by atoms with van der Waals surface area (Å²) in [6.07, 6.45) is 7.33. The van der Waals surface area contributed by atoms with E-state index in [1.165, 1.54) is 32.1 Å². The van der Waals surface area contributed by atoms with Crippen molar-refractivity contribution >= 4 is 5.97 Å². The minimum atomic E-state index is -0.191. The first-order valence-corrected chi connectivity index (χ1v) is 12.7. The lowest BCUT2D eigenvalue weighted by atomic mass is 9.90. The lowest BCUT2D eigenvalue weighted by Crippen LogP contribution is -2.16. The summed E-state index contributed by atoms with van der Waals surface area (Å²) in [7, 11) is 0. The SMILES string of the molecule is CCOC(=O)CCCOc1ccc(-c2nc(OCC3CCCCC3)cc(-c3ccccc3)n2)cc1. The predicted molar refractivity (Wildman–Crippen MR) is 136 cm³/mol. The summed E-state index contributed by atoms with van der Waals surface area (Å²) in [5.41, 5.74) is 2.76. The Morgan fingerprint density at radius 1 is 0.914 bits per heavy atom. The largest absolute Gasteiger partial charge is 0.494 e. The second-order valence-corrected chi connectivity index (χ2v) is 8.88. The molecule has 1 fully saturated rings. The third-order valence-corrected chi connectivity index (χ3v) is 6.18. The molecule has 0 N–H and O–H groups in total. The lowest BCUT2D eigenvalue weighted by molar-refractivity contribution is -0.143. The van der Waals surface area contributed by atoms with Crippen LogP contribution in [0.5, 0.6) is 11.6 Å². The van der Waals surface area contributed by atoms with Gasteiger partial charge in [0.1, 0.15) is 5.75 Å². The highest BCUT2D eigenvalue weighted by atomic mass is 16.5. The van der Waals surface area contributed by atoms with Gasteiger partial charge < -0.3 is 14.2 Å². The van der Waals surface area contributed by atoms with Crippen LogP contribution >= 0.6 is 0 Å². The lowest BCUT2D eigenvalue weighted by Gasteiger charge is -2.21. The zero-order valence-corrected chi connectivity index (χ0v) is 20.4. The average Bonchev–Trinajstić information content (AvgIpc) is 2.91. The number of hydrogen-bond donors (Lipinski definition) is 0. The molecule has 1 aliphatic carbocycles. The highest BCUT2D eigenvalue weighted by Gasteiger charge is 2.16. The van der Waals surface area contributed by atoms with E-state index in [0.29, 0.717) is 50.3 Å². The van der Waals surface area contributed by atoms with E-state index in [1.807, 2.05) is 60.7 Å². The van der Waals surface area contributed by atoms with Gasteiger partial charge in [0.2, 0.25) is 5.88 Å². The normalized spacial score (nSPS) is 13.9. The van der Waals surface area contributed by atoms with E-state index in [9.17, 15) is 4.79 Å². The molecule has 35 heavy (non-hydrogen) atoms. The van der Waals surface area contributed by atoms with Gasteiger partial charge in [-0.25, -0.2) is 4.98 Å². The van der Waals surface area contributed by atoms with E-state index in [1.54, 1.807) is 6.92 Å². The van der Waals surface area contributed by atoms with Crippen LogP contribution in [-0.4, -0.2) is 35.8 Å². The van der Waals surface area contributed by atoms with Crippen LogP contribution < -0.4 is 9.47 Å². The van der Waals surface area contributed by atoms with Crippen molar-refractivity contribution in [2.24, 2.45) is 5.92 Å². The van der Waals surface area contributed by atoms with Crippen LogP contribution in [0.2, 0.25) is 0 Å². The molecule has 0 aliphatic heterocycles. The molecule has 0 radical (unpaired) electrons. The topological polar surface area (TPSA) is 70.5 Å². The number of aromatic nitrogens is 2. The molecule has 2 aromatic carbocycles. The van der Waals surface area contributed by atoms with Crippen LogP contribution in [0.1, 0.15) is 51.9 Å². The van der Waals surface area contributed by atoms with Gasteiger partial charge in [-0.1, -0.05) is 49.6 Å². The van der Waals surface area contributed by atoms with Crippen LogP contribution in [0.15, 0.2) is 60.7 Å². The number of nitrogens with zero attached hydrogens (tertiary/aromatic N) is 2. The molecule has 6 nitrogen and oxygen atoms in total. The smallest absolute Gasteiger partial charge is 0.305 e. The fourth-order valence-electron chi connectivity index (χ4n) is 4.28. The first-order chi connectivity index (χ1) is 17.2. The quantitative estimate of drug-likeness (QED) is 0.234. The van der Waals surface area contributed by atoms with E-state index in [2.05, 4.69) is 0 Å². The van der Waals surface area contributed by atoms with Gasteiger partial charge in [-0.05, 0) is 56.4 Å². The van der Waals surface area contributed by atoms with Crippen molar-refractivity contribution in [2.45, 2.75) is 51.9 Å². The molecular formula is C29H34N2O4. The Labute approximate surface area is 207 Å². The van der Waals surface area contributed by atoms with Gasteiger partial charge >= 0.3 is 5.97 Å². The molecule has 6 heteroatoms. The molecule has 184 valence electrons. The molecule has 4 rings (SSSR count). The van der Waals surface area contributed by atoms with E-state index in [-0.39, 0.29) is 5.97 Å². The van der Waals surface area contributed by atoms with Crippen molar-refractivity contribution in [1.82, 2.24) is 9.97 Å². The molecule has 0 saturated heterocycles. The molecule has 1 aliphatic rings. The predicted octanol–water partition coefficient (Wildman–Crippen LogP) is 6.49. The Morgan fingerprint density at radius 2 is 1.69 bits per heavy atom. The van der Waals surface area contributed by atoms with Crippen LogP contribution in [0.3, 0.4) is 0 Å². The Morgan fingerprint density at radius 3 is 2.43 bits per heavy atom. The zero-order chi connectivity index (χ0) is 24.3. The fourth-order valence-corrected chi connectivity index (χ4v) is 4.28. The van der Waals surface area contributed by atoms with Gasteiger partial charge in [-0.15, -0.1) is 0 Å². The molecule has 1 heterocycles. The zero-order valence-electron chi connectivity index (χ0n) is 20.4. The Kier molecular flexibility index (Phi) is 9.10. The Bertz CT molecular complexity index is 1060. The number of carbonyl (C=O) groups excluding carboxylic acids is 1. The molecule has 0 spiro atoms. The van der Waals surface area contributed by atoms with Gasteiger partial charge in [0, 0.05) is 23.6 Å². The maximum atomic E-state index is 11.4. The van der Waals surface area contributed by atoms with Crippen molar-refractivity contribution in [2.75, 3.05) is 19.8 Å². The molecule has 1 aromatic heterocycles. The molecule has 0 atom stereocenters. The van der Waals surface area contributed by atoms with Crippen molar-refractivity contribution in [1.29, 1.82) is 0 Å². The van der Waals surface area contributed by atoms with Crippen LogP contribution in [0.4, 0.5) is 0 Å². The van der Waals surface area contributed by atoms with Gasteiger partial charge in [0.25, 0.3) is 0 Å². The number of hydrogen-bond acceptors (Lipinski definition) is 6. The monoisotopic (exact) mass is 474 g/mol. The van der Waals surface area contributed by atoms with Gasteiger partial charge in [0.05, 0.1) is 25.5 Å². The van der Waals surface area contributed by atoms with Crippen molar-refractivity contribution in [3.63, 3.8) is 0 Å². The fraction of sp³-hybridized carbons (Fsp3) is 0.414. The molecule has 3 aromatic rings. The molecule has 0 amide bonds. The molecular weight excluding hydrogens is 440 g/mol. The molecule has 0 unspecified atom stereocenters. The summed E-state index contributed by atoms with van der Waals surface area (Å²) >= 11 is 0. The van der Waals surface area contributed by atoms with Crippen LogP contribution in [-0.2, 0) is 9.53 Å². The summed E-state index contributed by atoms with van der Waals surface area (Å²) in [6, 6.07) is 19.8. The number of esters is 1. The standard InChI is InChI=1S/C29H34N2O4/c1-2-33-28(32)14-9-19-34-25-17-15-24(16-18-25)29-30-26(23-12-7-4-8-13-23)20-27(31-29)35-21-22-10-5-3-6-11-22/h4,7-8,12-13,15-18,20,22H,2-3,5-6,9-11,14,19,21H2,1H3. The number of carbonyl (C=O) groups is 1. The molecule has 1 saturated carbocycles. The molecule has 0 bridgehead atoms. The third-order valence-electron chi connectivity index (χ3n) is 6.18. The summed E-state index contributed by atoms with van der Waals surface area (Å²) < 4.78 is 16.9. The van der Waals surface area contributed by atoms with Gasteiger partial charge in [0.15, 0.2) is 5.82 Å². The first-order valence-electron chi connectivity index (χ1n) is 12.7. The number of ether oxygens (including phenoxy) is 3.